The Balaban J connectivity index is 1.26. The van der Waals surface area contributed by atoms with Crippen molar-refractivity contribution in [2.45, 2.75) is 6.43 Å². The lowest BCUT2D eigenvalue weighted by atomic mass is 10.3. The molecular weight excluding hydrogens is 636 g/mol. The van der Waals surface area contributed by atoms with E-state index in [9.17, 15) is 25.6 Å². The third-order valence-corrected chi connectivity index (χ3v) is 11.7. The number of para-hydroxylation sites is 1. The van der Waals surface area contributed by atoms with Crippen molar-refractivity contribution < 1.29 is 35.1 Å². The standard InChI is InChI=1S/C26H35F2N9O6S2/c1-42-20-4-2-3-19-21(20)29-23(22(27)28)37(19)26-31-24(30-25(32-26)35-9-14-43-15-10-35)34-5-7-36(8-6-34)45(40,41)18-13-33-11-16-44(38,39)17-12-33/h2-4,22H,5-18H2,1H3. The van der Waals surface area contributed by atoms with Crippen LogP contribution in [0, 0.1) is 0 Å². The van der Waals surface area contributed by atoms with Crippen molar-refractivity contribution in [1.82, 2.24) is 33.7 Å². The summed E-state index contributed by atoms with van der Waals surface area (Å²) in [5.41, 5.74) is 0.590. The molecule has 6 rings (SSSR count). The van der Waals surface area contributed by atoms with E-state index in [4.69, 9.17) is 9.47 Å². The summed E-state index contributed by atoms with van der Waals surface area (Å²) in [6.45, 7) is 3.71. The van der Waals surface area contributed by atoms with E-state index < -0.39 is 32.1 Å². The summed E-state index contributed by atoms with van der Waals surface area (Å²) in [6.07, 6.45) is -2.93. The summed E-state index contributed by atoms with van der Waals surface area (Å²) in [7, 11) is -5.21. The van der Waals surface area contributed by atoms with Gasteiger partial charge in [-0.2, -0.15) is 19.3 Å². The zero-order chi connectivity index (χ0) is 31.8. The number of halogens is 2. The van der Waals surface area contributed by atoms with E-state index in [2.05, 4.69) is 19.9 Å². The summed E-state index contributed by atoms with van der Waals surface area (Å²) in [5.74, 6) is 0.240. The molecule has 2 aromatic heterocycles. The van der Waals surface area contributed by atoms with Gasteiger partial charge in [0.1, 0.15) is 11.3 Å². The van der Waals surface area contributed by atoms with Crippen LogP contribution in [0.15, 0.2) is 18.2 Å². The van der Waals surface area contributed by atoms with Crippen molar-refractivity contribution in [3.63, 3.8) is 0 Å². The van der Waals surface area contributed by atoms with E-state index in [0.717, 1.165) is 0 Å². The molecule has 0 spiro atoms. The average Bonchev–Trinajstić information content (AvgIpc) is 3.45. The maximum Gasteiger partial charge on any atom is 0.296 e. The van der Waals surface area contributed by atoms with Crippen LogP contribution in [0.5, 0.6) is 5.75 Å². The number of hydrogen-bond acceptors (Lipinski definition) is 13. The fourth-order valence-electron chi connectivity index (χ4n) is 5.62. The minimum absolute atomic E-state index is 0.0350. The van der Waals surface area contributed by atoms with Gasteiger partial charge in [-0.1, -0.05) is 6.07 Å². The Morgan fingerprint density at radius 1 is 0.889 bits per heavy atom. The Bertz CT molecular complexity index is 1730. The van der Waals surface area contributed by atoms with Crippen LogP contribution in [0.3, 0.4) is 0 Å². The second-order valence-corrected chi connectivity index (χ2v) is 15.4. The fraction of sp³-hybridized carbons (Fsp3) is 0.615. The van der Waals surface area contributed by atoms with E-state index in [1.165, 1.54) is 16.0 Å². The van der Waals surface area contributed by atoms with Crippen LogP contribution < -0.4 is 14.5 Å². The minimum atomic E-state index is -3.60. The number of fused-ring (bicyclic) bond motifs is 1. The van der Waals surface area contributed by atoms with Crippen LogP contribution in [0.1, 0.15) is 12.2 Å². The summed E-state index contributed by atoms with van der Waals surface area (Å²) in [4.78, 5) is 23.6. The van der Waals surface area contributed by atoms with Crippen molar-refractivity contribution in [2.24, 2.45) is 0 Å². The lowest BCUT2D eigenvalue weighted by Gasteiger charge is -2.35. The van der Waals surface area contributed by atoms with E-state index in [1.54, 1.807) is 18.2 Å². The van der Waals surface area contributed by atoms with Crippen LogP contribution in [0.4, 0.5) is 20.7 Å². The van der Waals surface area contributed by atoms with Gasteiger partial charge in [-0.3, -0.25) is 4.57 Å². The lowest BCUT2D eigenvalue weighted by Crippen LogP contribution is -2.51. The molecule has 3 saturated heterocycles. The number of morpholine rings is 1. The fourth-order valence-corrected chi connectivity index (χ4v) is 8.36. The summed E-state index contributed by atoms with van der Waals surface area (Å²) < 4.78 is 91.9. The van der Waals surface area contributed by atoms with Gasteiger partial charge in [-0.05, 0) is 12.1 Å². The van der Waals surface area contributed by atoms with Gasteiger partial charge in [0, 0.05) is 58.9 Å². The number of imidazole rings is 1. The van der Waals surface area contributed by atoms with Crippen LogP contribution in [0.25, 0.3) is 17.0 Å². The van der Waals surface area contributed by atoms with E-state index in [1.807, 2.05) is 14.7 Å². The van der Waals surface area contributed by atoms with Gasteiger partial charge in [0.25, 0.3) is 6.43 Å². The van der Waals surface area contributed by atoms with Crippen molar-refractivity contribution in [3.05, 3.63) is 24.0 Å². The van der Waals surface area contributed by atoms with Gasteiger partial charge < -0.3 is 24.2 Å². The highest BCUT2D eigenvalue weighted by Crippen LogP contribution is 2.32. The molecule has 0 atom stereocenters. The molecule has 0 aliphatic carbocycles. The number of nitrogens with zero attached hydrogens (tertiary/aromatic N) is 9. The van der Waals surface area contributed by atoms with Gasteiger partial charge in [-0.25, -0.2) is 30.6 Å². The number of hydrogen-bond donors (Lipinski definition) is 0. The molecule has 0 saturated carbocycles. The number of sulfone groups is 1. The van der Waals surface area contributed by atoms with Gasteiger partial charge >= 0.3 is 0 Å². The number of alkyl halides is 2. The highest BCUT2D eigenvalue weighted by molar-refractivity contribution is 7.91. The molecule has 0 bridgehead atoms. The van der Waals surface area contributed by atoms with E-state index in [0.29, 0.717) is 56.6 Å². The molecule has 5 heterocycles. The van der Waals surface area contributed by atoms with Crippen molar-refractivity contribution in [1.29, 1.82) is 0 Å². The minimum Gasteiger partial charge on any atom is -0.494 e. The second kappa shape index (κ2) is 12.9. The third kappa shape index (κ3) is 6.81. The Morgan fingerprint density at radius 3 is 2.13 bits per heavy atom. The molecule has 246 valence electrons. The number of benzene rings is 1. The topological polar surface area (TPSA) is 156 Å². The Labute approximate surface area is 259 Å². The second-order valence-electron chi connectivity index (χ2n) is 11.0. The first kappa shape index (κ1) is 31.7. The molecule has 3 aliphatic rings. The molecule has 3 aliphatic heterocycles. The number of ether oxygens (including phenoxy) is 2. The van der Waals surface area contributed by atoms with Crippen LogP contribution in [-0.2, 0) is 24.6 Å². The maximum absolute atomic E-state index is 14.3. The largest absolute Gasteiger partial charge is 0.494 e. The van der Waals surface area contributed by atoms with E-state index in [-0.39, 0.29) is 67.4 Å². The van der Waals surface area contributed by atoms with Crippen LogP contribution >= 0.6 is 0 Å². The number of aromatic nitrogens is 5. The Kier molecular flexibility index (Phi) is 9.06. The van der Waals surface area contributed by atoms with Gasteiger partial charge in [0.2, 0.25) is 27.9 Å². The molecule has 0 radical (unpaired) electrons. The maximum atomic E-state index is 14.3. The van der Waals surface area contributed by atoms with E-state index >= 15 is 0 Å². The number of sulfonamides is 1. The number of piperazine rings is 1. The molecule has 0 amide bonds. The summed E-state index contributed by atoms with van der Waals surface area (Å²) in [6, 6.07) is 4.95. The molecular formula is C26H35F2N9O6S2. The highest BCUT2D eigenvalue weighted by Gasteiger charge is 2.31. The Hall–Kier alpha value is -3.26. The van der Waals surface area contributed by atoms with Crippen molar-refractivity contribution in [3.8, 4) is 11.7 Å². The highest BCUT2D eigenvalue weighted by atomic mass is 32.2. The first-order valence-corrected chi connectivity index (χ1v) is 18.1. The molecule has 3 fully saturated rings. The molecule has 0 unspecified atom stereocenters. The van der Waals surface area contributed by atoms with Crippen molar-refractivity contribution >= 4 is 42.8 Å². The van der Waals surface area contributed by atoms with Gasteiger partial charge in [0.15, 0.2) is 15.7 Å². The molecule has 1 aromatic carbocycles. The predicted octanol–water partition coefficient (Wildman–Crippen LogP) is 0.176. The quantitative estimate of drug-likeness (QED) is 0.304. The Morgan fingerprint density at radius 2 is 1.51 bits per heavy atom. The third-order valence-electron chi connectivity index (χ3n) is 8.20. The zero-order valence-corrected chi connectivity index (χ0v) is 26.4. The first-order chi connectivity index (χ1) is 21.5. The monoisotopic (exact) mass is 671 g/mol. The van der Waals surface area contributed by atoms with Crippen LogP contribution in [0.2, 0.25) is 0 Å². The predicted molar refractivity (Wildman–Crippen MR) is 162 cm³/mol. The first-order valence-electron chi connectivity index (χ1n) is 14.6. The zero-order valence-electron chi connectivity index (χ0n) is 24.8. The van der Waals surface area contributed by atoms with Crippen LogP contribution in [-0.4, -0.2) is 147 Å². The number of rotatable bonds is 9. The summed E-state index contributed by atoms with van der Waals surface area (Å²) >= 11 is 0. The molecule has 45 heavy (non-hydrogen) atoms. The molecule has 0 N–H and O–H groups in total. The summed E-state index contributed by atoms with van der Waals surface area (Å²) in [5, 5.41) is 0. The van der Waals surface area contributed by atoms with Gasteiger partial charge in [-0.15, -0.1) is 0 Å². The normalized spacial score (nSPS) is 20.3. The SMILES string of the molecule is COc1cccc2c1nc(C(F)F)n2-c1nc(N2CCOCC2)nc(N2CCN(S(=O)(=O)CCN3CCS(=O)(=O)CC3)CC2)n1. The smallest absolute Gasteiger partial charge is 0.296 e. The molecule has 15 nitrogen and oxygen atoms in total. The van der Waals surface area contributed by atoms with Crippen molar-refractivity contribution in [2.75, 3.05) is 106 Å². The average molecular weight is 672 g/mol. The molecule has 19 heteroatoms. The number of methoxy groups -OCH3 is 1. The number of anilines is 2. The molecule has 3 aromatic rings. The lowest BCUT2D eigenvalue weighted by molar-refractivity contribution is 0.122. The van der Waals surface area contributed by atoms with Gasteiger partial charge in [0.05, 0.1) is 43.1 Å².